The van der Waals surface area contributed by atoms with Crippen LogP contribution in [0.3, 0.4) is 0 Å². The second-order valence-corrected chi connectivity index (χ2v) is 6.11. The normalized spacial score (nSPS) is 27.2. The van der Waals surface area contributed by atoms with Gasteiger partial charge in [0.1, 0.15) is 0 Å². The average Bonchev–Trinajstić information content (AvgIpc) is 1.74. The highest BCUT2D eigenvalue weighted by atomic mass is 15.1. The molecule has 82 valence electrons. The minimum Gasteiger partial charge on any atom is -0.384 e. The Hall–Kier alpha value is -0.500. The maximum atomic E-state index is 4.04. The zero-order chi connectivity index (χ0) is 11.0. The van der Waals surface area contributed by atoms with E-state index < -0.39 is 0 Å². The molecule has 2 N–H and O–H groups in total. The van der Waals surface area contributed by atoms with Crippen LogP contribution in [-0.2, 0) is 0 Å². The van der Waals surface area contributed by atoms with Crippen molar-refractivity contribution in [1.82, 2.24) is 10.6 Å². The smallest absolute Gasteiger partial charge is 0.0329 e. The Bertz CT molecular complexity index is 221. The summed E-state index contributed by atoms with van der Waals surface area (Å²) in [5, 5.41) is 7.08. The fourth-order valence-corrected chi connectivity index (χ4v) is 2.28. The van der Waals surface area contributed by atoms with Crippen LogP contribution in [0.4, 0.5) is 0 Å². The molecular weight excluding hydrogens is 172 g/mol. The van der Waals surface area contributed by atoms with Gasteiger partial charge in [0, 0.05) is 29.2 Å². The van der Waals surface area contributed by atoms with Crippen molar-refractivity contribution in [3.05, 3.63) is 12.3 Å². The molecule has 1 fully saturated rings. The summed E-state index contributed by atoms with van der Waals surface area (Å²) in [5.74, 6) is 0. The van der Waals surface area contributed by atoms with Gasteiger partial charge in [0.2, 0.25) is 0 Å². The van der Waals surface area contributed by atoms with Gasteiger partial charge < -0.3 is 10.6 Å². The van der Waals surface area contributed by atoms with Gasteiger partial charge in [-0.1, -0.05) is 6.58 Å². The highest BCUT2D eigenvalue weighted by molar-refractivity contribution is 5.07. The van der Waals surface area contributed by atoms with Crippen molar-refractivity contribution in [1.29, 1.82) is 0 Å². The molecule has 1 atom stereocenters. The van der Waals surface area contributed by atoms with Gasteiger partial charge in [-0.2, -0.15) is 0 Å². The van der Waals surface area contributed by atoms with Crippen molar-refractivity contribution in [2.24, 2.45) is 0 Å². The lowest BCUT2D eigenvalue weighted by atomic mass is 9.87. The summed E-state index contributed by atoms with van der Waals surface area (Å²) in [7, 11) is 0. The van der Waals surface area contributed by atoms with Crippen LogP contribution in [0.1, 0.15) is 47.5 Å². The van der Waals surface area contributed by atoms with Crippen LogP contribution in [-0.4, -0.2) is 17.1 Å². The first-order valence-electron chi connectivity index (χ1n) is 5.42. The van der Waals surface area contributed by atoms with Crippen LogP contribution in [0.15, 0.2) is 12.3 Å². The van der Waals surface area contributed by atoms with Gasteiger partial charge in [0.05, 0.1) is 0 Å². The van der Waals surface area contributed by atoms with Gasteiger partial charge in [-0.15, -0.1) is 0 Å². The van der Waals surface area contributed by atoms with Gasteiger partial charge >= 0.3 is 0 Å². The number of piperidine rings is 1. The van der Waals surface area contributed by atoms with Crippen molar-refractivity contribution in [2.45, 2.75) is 64.6 Å². The van der Waals surface area contributed by atoms with Crippen molar-refractivity contribution in [3.63, 3.8) is 0 Å². The summed E-state index contributed by atoms with van der Waals surface area (Å²) < 4.78 is 0. The molecule has 0 amide bonds. The summed E-state index contributed by atoms with van der Waals surface area (Å²) in [6.45, 7) is 15.1. The standard InChI is InChI=1S/C12H24N2/c1-9-7-10(14-11(2,3)4)8-12(5,6)13-9/h10,13-14H,1,7-8H2,2-6H3. The lowest BCUT2D eigenvalue weighted by Crippen LogP contribution is -2.54. The monoisotopic (exact) mass is 196 g/mol. The first-order valence-corrected chi connectivity index (χ1v) is 5.42. The van der Waals surface area contributed by atoms with Gasteiger partial charge in [0.25, 0.3) is 0 Å². The maximum Gasteiger partial charge on any atom is 0.0329 e. The molecule has 0 aromatic heterocycles. The Labute approximate surface area is 88.2 Å². The fourth-order valence-electron chi connectivity index (χ4n) is 2.28. The second-order valence-electron chi connectivity index (χ2n) is 6.11. The van der Waals surface area contributed by atoms with Crippen molar-refractivity contribution in [2.75, 3.05) is 0 Å². The summed E-state index contributed by atoms with van der Waals surface area (Å²) in [5.41, 5.74) is 1.53. The predicted octanol–water partition coefficient (Wildman–Crippen LogP) is 2.42. The third-order valence-corrected chi connectivity index (χ3v) is 2.40. The molecule has 14 heavy (non-hydrogen) atoms. The van der Waals surface area contributed by atoms with Crippen LogP contribution in [0, 0.1) is 0 Å². The molecule has 0 saturated carbocycles. The zero-order valence-corrected chi connectivity index (χ0v) is 10.2. The van der Waals surface area contributed by atoms with Crippen LogP contribution in [0.25, 0.3) is 0 Å². The molecule has 1 rings (SSSR count). The van der Waals surface area contributed by atoms with Crippen LogP contribution in [0.5, 0.6) is 0 Å². The van der Waals surface area contributed by atoms with E-state index in [1.54, 1.807) is 0 Å². The lowest BCUT2D eigenvalue weighted by molar-refractivity contribution is 0.244. The van der Waals surface area contributed by atoms with E-state index in [0.29, 0.717) is 6.04 Å². The van der Waals surface area contributed by atoms with Crippen molar-refractivity contribution >= 4 is 0 Å². The van der Waals surface area contributed by atoms with E-state index in [1.807, 2.05) is 0 Å². The number of rotatable bonds is 1. The van der Waals surface area contributed by atoms with E-state index in [9.17, 15) is 0 Å². The molecule has 0 spiro atoms. The van der Waals surface area contributed by atoms with Crippen LogP contribution < -0.4 is 10.6 Å². The first-order chi connectivity index (χ1) is 6.18. The van der Waals surface area contributed by atoms with E-state index in [2.05, 4.69) is 51.8 Å². The summed E-state index contributed by atoms with van der Waals surface area (Å²) in [6, 6.07) is 0.554. The Kier molecular flexibility index (Phi) is 2.96. The van der Waals surface area contributed by atoms with Crippen LogP contribution >= 0.6 is 0 Å². The maximum absolute atomic E-state index is 4.04. The van der Waals surface area contributed by atoms with E-state index in [-0.39, 0.29) is 11.1 Å². The Morgan fingerprint density at radius 3 is 2.43 bits per heavy atom. The van der Waals surface area contributed by atoms with Gasteiger partial charge in [-0.3, -0.25) is 0 Å². The molecule has 0 radical (unpaired) electrons. The Morgan fingerprint density at radius 1 is 1.43 bits per heavy atom. The summed E-state index contributed by atoms with van der Waals surface area (Å²) >= 11 is 0. The van der Waals surface area contributed by atoms with E-state index >= 15 is 0 Å². The van der Waals surface area contributed by atoms with E-state index in [0.717, 1.165) is 18.5 Å². The predicted molar refractivity (Wildman–Crippen MR) is 62.3 cm³/mol. The third kappa shape index (κ3) is 3.70. The molecule has 0 aliphatic carbocycles. The van der Waals surface area contributed by atoms with Crippen molar-refractivity contribution in [3.8, 4) is 0 Å². The molecule has 1 saturated heterocycles. The van der Waals surface area contributed by atoms with Crippen LogP contribution in [0.2, 0.25) is 0 Å². The lowest BCUT2D eigenvalue weighted by Gasteiger charge is -2.41. The highest BCUT2D eigenvalue weighted by Gasteiger charge is 2.30. The van der Waals surface area contributed by atoms with Gasteiger partial charge in [-0.25, -0.2) is 0 Å². The molecule has 1 aliphatic rings. The highest BCUT2D eigenvalue weighted by Crippen LogP contribution is 2.24. The van der Waals surface area contributed by atoms with E-state index in [1.165, 1.54) is 0 Å². The minimum absolute atomic E-state index is 0.179. The largest absolute Gasteiger partial charge is 0.384 e. The third-order valence-electron chi connectivity index (χ3n) is 2.40. The molecule has 0 aromatic rings. The van der Waals surface area contributed by atoms with Gasteiger partial charge in [0.15, 0.2) is 0 Å². The fraction of sp³-hybridized carbons (Fsp3) is 0.833. The molecule has 1 heterocycles. The van der Waals surface area contributed by atoms with E-state index in [4.69, 9.17) is 0 Å². The number of hydrogen-bond donors (Lipinski definition) is 2. The minimum atomic E-state index is 0.179. The first kappa shape index (κ1) is 11.6. The zero-order valence-electron chi connectivity index (χ0n) is 10.2. The second kappa shape index (κ2) is 3.58. The quantitative estimate of drug-likeness (QED) is 0.673. The van der Waals surface area contributed by atoms with Gasteiger partial charge in [-0.05, 0) is 41.0 Å². The molecule has 0 aromatic carbocycles. The topological polar surface area (TPSA) is 24.1 Å². The molecule has 0 bridgehead atoms. The number of nitrogens with one attached hydrogen (secondary N) is 2. The molecule has 2 heteroatoms. The SMILES string of the molecule is C=C1CC(NC(C)(C)C)CC(C)(C)N1. The summed E-state index contributed by atoms with van der Waals surface area (Å²) in [4.78, 5) is 0. The Balaban J connectivity index is 2.59. The average molecular weight is 196 g/mol. The summed E-state index contributed by atoms with van der Waals surface area (Å²) in [6.07, 6.45) is 2.20. The Morgan fingerprint density at radius 2 is 2.00 bits per heavy atom. The van der Waals surface area contributed by atoms with Crippen molar-refractivity contribution < 1.29 is 0 Å². The molecule has 1 unspecified atom stereocenters. The molecule has 1 aliphatic heterocycles. The number of hydrogen-bond acceptors (Lipinski definition) is 2. The molecular formula is C12H24N2. The molecule has 2 nitrogen and oxygen atoms in total.